The Morgan fingerprint density at radius 2 is 2.09 bits per heavy atom. The summed E-state index contributed by atoms with van der Waals surface area (Å²) in [7, 11) is 0. The summed E-state index contributed by atoms with van der Waals surface area (Å²) < 4.78 is 0. The number of aromatic nitrogens is 1. The molecule has 1 unspecified atom stereocenters. The lowest BCUT2D eigenvalue weighted by Crippen LogP contribution is -2.36. The minimum Gasteiger partial charge on any atom is -0.356 e. The number of carbonyl (C=O) groups excluding carboxylic acids is 1. The molecule has 1 N–H and O–H groups in total. The van der Waals surface area contributed by atoms with Crippen LogP contribution in [0, 0.1) is 5.92 Å². The van der Waals surface area contributed by atoms with E-state index in [0.29, 0.717) is 18.0 Å². The highest BCUT2D eigenvalue weighted by Gasteiger charge is 2.22. The van der Waals surface area contributed by atoms with Crippen molar-refractivity contribution in [2.45, 2.75) is 26.3 Å². The van der Waals surface area contributed by atoms with E-state index in [4.69, 9.17) is 0 Å². The van der Waals surface area contributed by atoms with Gasteiger partial charge in [-0.15, -0.1) is 0 Å². The lowest BCUT2D eigenvalue weighted by Gasteiger charge is -2.32. The van der Waals surface area contributed by atoms with Gasteiger partial charge in [0.2, 0.25) is 0 Å². The molecule has 1 aliphatic heterocycles. The Morgan fingerprint density at radius 1 is 1.26 bits per heavy atom. The van der Waals surface area contributed by atoms with E-state index in [-0.39, 0.29) is 5.91 Å². The Bertz CT molecular complexity index is 657. The van der Waals surface area contributed by atoms with Gasteiger partial charge >= 0.3 is 0 Å². The minimum atomic E-state index is -0.0600. The quantitative estimate of drug-likeness (QED) is 0.943. The van der Waals surface area contributed by atoms with E-state index in [1.54, 1.807) is 6.20 Å². The van der Waals surface area contributed by atoms with Gasteiger partial charge in [-0.25, -0.2) is 4.98 Å². The summed E-state index contributed by atoms with van der Waals surface area (Å²) in [5.74, 6) is 1.39. The third kappa shape index (κ3) is 3.89. The van der Waals surface area contributed by atoms with E-state index in [2.05, 4.69) is 22.1 Å². The number of hydrogen-bond acceptors (Lipinski definition) is 3. The average Bonchev–Trinajstić information content (AvgIpc) is 2.60. The number of rotatable bonds is 4. The van der Waals surface area contributed by atoms with E-state index in [1.165, 1.54) is 6.42 Å². The fourth-order valence-electron chi connectivity index (χ4n) is 3.08. The molecule has 2 heterocycles. The van der Waals surface area contributed by atoms with Crippen LogP contribution in [0.1, 0.15) is 35.7 Å². The minimum absolute atomic E-state index is 0.0600. The largest absolute Gasteiger partial charge is 0.356 e. The van der Waals surface area contributed by atoms with Gasteiger partial charge in [-0.05, 0) is 36.5 Å². The van der Waals surface area contributed by atoms with Gasteiger partial charge in [0, 0.05) is 25.8 Å². The van der Waals surface area contributed by atoms with Crippen LogP contribution in [0.3, 0.4) is 0 Å². The highest BCUT2D eigenvalue weighted by atomic mass is 16.1. The van der Waals surface area contributed by atoms with Crippen molar-refractivity contribution in [1.29, 1.82) is 0 Å². The Hall–Kier alpha value is -2.36. The van der Waals surface area contributed by atoms with Crippen LogP contribution in [0.4, 0.5) is 5.82 Å². The molecule has 0 saturated carbocycles. The van der Waals surface area contributed by atoms with Gasteiger partial charge in [-0.2, -0.15) is 0 Å². The third-order valence-corrected chi connectivity index (χ3v) is 4.28. The molecule has 1 aliphatic rings. The standard InChI is InChI=1S/C19H23N3O/c1-15-7-6-12-22(14-15)18-17(10-5-11-20-18)19(23)21-13-16-8-3-2-4-9-16/h2-5,8-11,15H,6-7,12-14H2,1H3,(H,21,23). The number of benzene rings is 1. The highest BCUT2D eigenvalue weighted by molar-refractivity contribution is 5.98. The Morgan fingerprint density at radius 3 is 2.87 bits per heavy atom. The fourth-order valence-corrected chi connectivity index (χ4v) is 3.08. The maximum absolute atomic E-state index is 12.6. The van der Waals surface area contributed by atoms with Crippen molar-refractivity contribution < 1.29 is 4.79 Å². The molecule has 0 aliphatic carbocycles. The first-order valence-corrected chi connectivity index (χ1v) is 8.26. The van der Waals surface area contributed by atoms with Crippen LogP contribution in [0.2, 0.25) is 0 Å². The Balaban J connectivity index is 1.73. The van der Waals surface area contributed by atoms with Gasteiger partial charge in [-0.3, -0.25) is 4.79 Å². The van der Waals surface area contributed by atoms with Gasteiger partial charge < -0.3 is 10.2 Å². The number of anilines is 1. The van der Waals surface area contributed by atoms with Crippen LogP contribution >= 0.6 is 0 Å². The fraction of sp³-hybridized carbons (Fsp3) is 0.368. The average molecular weight is 309 g/mol. The molecule has 23 heavy (non-hydrogen) atoms. The number of amides is 1. The topological polar surface area (TPSA) is 45.2 Å². The molecule has 120 valence electrons. The van der Waals surface area contributed by atoms with E-state index < -0.39 is 0 Å². The van der Waals surface area contributed by atoms with Crippen LogP contribution in [0.25, 0.3) is 0 Å². The van der Waals surface area contributed by atoms with E-state index in [1.807, 2.05) is 42.5 Å². The summed E-state index contributed by atoms with van der Waals surface area (Å²) in [6.45, 7) is 4.73. The van der Waals surface area contributed by atoms with Gasteiger partial charge in [0.15, 0.2) is 0 Å². The first-order valence-electron chi connectivity index (χ1n) is 8.26. The summed E-state index contributed by atoms with van der Waals surface area (Å²) in [4.78, 5) is 19.3. The Labute approximate surface area is 137 Å². The predicted octanol–water partition coefficient (Wildman–Crippen LogP) is 3.25. The van der Waals surface area contributed by atoms with Crippen molar-refractivity contribution in [3.05, 3.63) is 59.8 Å². The molecule has 1 saturated heterocycles. The SMILES string of the molecule is CC1CCCN(c2ncccc2C(=O)NCc2ccccc2)C1. The maximum atomic E-state index is 12.6. The molecule has 4 heteroatoms. The number of piperidine rings is 1. The molecule has 1 fully saturated rings. The molecule has 2 aromatic rings. The molecule has 1 aromatic carbocycles. The summed E-state index contributed by atoms with van der Waals surface area (Å²) in [6, 6.07) is 13.6. The van der Waals surface area contributed by atoms with Crippen LogP contribution in [-0.4, -0.2) is 24.0 Å². The second kappa shape index (κ2) is 7.27. The number of nitrogens with one attached hydrogen (secondary N) is 1. The molecular formula is C19H23N3O. The molecule has 0 radical (unpaired) electrons. The lowest BCUT2D eigenvalue weighted by atomic mass is 10.00. The van der Waals surface area contributed by atoms with E-state index >= 15 is 0 Å². The summed E-state index contributed by atoms with van der Waals surface area (Å²) in [5.41, 5.74) is 1.76. The number of hydrogen-bond donors (Lipinski definition) is 1. The van der Waals surface area contributed by atoms with Crippen molar-refractivity contribution in [2.75, 3.05) is 18.0 Å². The monoisotopic (exact) mass is 309 g/mol. The van der Waals surface area contributed by atoms with E-state index in [9.17, 15) is 4.79 Å². The number of pyridine rings is 1. The first-order chi connectivity index (χ1) is 11.2. The zero-order valence-corrected chi connectivity index (χ0v) is 13.5. The third-order valence-electron chi connectivity index (χ3n) is 4.28. The molecule has 0 bridgehead atoms. The summed E-state index contributed by atoms with van der Waals surface area (Å²) in [6.07, 6.45) is 4.17. The van der Waals surface area contributed by atoms with Crippen LogP contribution < -0.4 is 10.2 Å². The van der Waals surface area contributed by atoms with Crippen molar-refractivity contribution in [3.63, 3.8) is 0 Å². The lowest BCUT2D eigenvalue weighted by molar-refractivity contribution is 0.0951. The predicted molar refractivity (Wildman–Crippen MR) is 92.5 cm³/mol. The van der Waals surface area contributed by atoms with Gasteiger partial charge in [0.05, 0.1) is 5.56 Å². The first kappa shape index (κ1) is 15.5. The molecule has 3 rings (SSSR count). The number of nitrogens with zero attached hydrogens (tertiary/aromatic N) is 2. The summed E-state index contributed by atoms with van der Waals surface area (Å²) >= 11 is 0. The van der Waals surface area contributed by atoms with Crippen molar-refractivity contribution in [1.82, 2.24) is 10.3 Å². The second-order valence-corrected chi connectivity index (χ2v) is 6.24. The highest BCUT2D eigenvalue weighted by Crippen LogP contribution is 2.24. The van der Waals surface area contributed by atoms with Crippen molar-refractivity contribution in [2.24, 2.45) is 5.92 Å². The van der Waals surface area contributed by atoms with Crippen LogP contribution in [0.15, 0.2) is 48.7 Å². The zero-order valence-electron chi connectivity index (χ0n) is 13.5. The smallest absolute Gasteiger partial charge is 0.255 e. The molecule has 0 spiro atoms. The molecule has 1 amide bonds. The zero-order chi connectivity index (χ0) is 16.1. The van der Waals surface area contributed by atoms with Crippen molar-refractivity contribution in [3.8, 4) is 0 Å². The van der Waals surface area contributed by atoms with Gasteiger partial charge in [0.25, 0.3) is 5.91 Å². The normalized spacial score (nSPS) is 17.8. The maximum Gasteiger partial charge on any atom is 0.255 e. The molecule has 1 atom stereocenters. The van der Waals surface area contributed by atoms with Crippen molar-refractivity contribution >= 4 is 11.7 Å². The van der Waals surface area contributed by atoms with Gasteiger partial charge in [0.1, 0.15) is 5.82 Å². The summed E-state index contributed by atoms with van der Waals surface area (Å²) in [5, 5.41) is 3.00. The Kier molecular flexibility index (Phi) is 4.91. The van der Waals surface area contributed by atoms with E-state index in [0.717, 1.165) is 30.9 Å². The number of carbonyl (C=O) groups is 1. The van der Waals surface area contributed by atoms with Gasteiger partial charge in [-0.1, -0.05) is 37.3 Å². The second-order valence-electron chi connectivity index (χ2n) is 6.24. The molecular weight excluding hydrogens is 286 g/mol. The van der Waals surface area contributed by atoms with Crippen LogP contribution in [-0.2, 0) is 6.54 Å². The molecule has 1 aromatic heterocycles. The molecule has 4 nitrogen and oxygen atoms in total. The van der Waals surface area contributed by atoms with Crippen LogP contribution in [0.5, 0.6) is 0 Å².